The Morgan fingerprint density at radius 2 is 2.29 bits per heavy atom. The van der Waals surface area contributed by atoms with Crippen LogP contribution in [0.4, 0.5) is 0 Å². The Balaban J connectivity index is 2.18. The Bertz CT molecular complexity index is 317. The maximum absolute atomic E-state index is 5.61. The highest BCUT2D eigenvalue weighted by molar-refractivity contribution is 5.36. The zero-order valence-electron chi connectivity index (χ0n) is 8.92. The summed E-state index contributed by atoms with van der Waals surface area (Å²) in [5.41, 5.74) is 10.2. The zero-order valence-corrected chi connectivity index (χ0v) is 8.92. The average Bonchev–Trinajstić information content (AvgIpc) is 2.18. The summed E-state index contributed by atoms with van der Waals surface area (Å²) in [6.45, 7) is 3.06. The molecule has 14 heavy (non-hydrogen) atoms. The van der Waals surface area contributed by atoms with Gasteiger partial charge in [-0.3, -0.25) is 0 Å². The smallest absolute Gasteiger partial charge is 0.00745 e. The molecular weight excluding hydrogens is 170 g/mol. The molecule has 0 radical (unpaired) electrons. The van der Waals surface area contributed by atoms with Crippen LogP contribution in [0.3, 0.4) is 0 Å². The molecule has 1 heteroatoms. The maximum atomic E-state index is 5.61. The molecule has 1 nitrogen and oxygen atoms in total. The lowest BCUT2D eigenvalue weighted by molar-refractivity contribution is 0.432. The molecule has 0 aromatic heterocycles. The van der Waals surface area contributed by atoms with E-state index in [4.69, 9.17) is 5.73 Å². The molecule has 0 saturated heterocycles. The van der Waals surface area contributed by atoms with Gasteiger partial charge in [-0.05, 0) is 61.8 Å². The van der Waals surface area contributed by atoms with Crippen LogP contribution in [0.15, 0.2) is 18.2 Å². The number of rotatable bonds is 2. The minimum atomic E-state index is 0.828. The number of nitrogens with two attached hydrogens (primary N) is 1. The highest BCUT2D eigenvalue weighted by Gasteiger charge is 2.18. The highest BCUT2D eigenvalue weighted by atomic mass is 14.5. The van der Waals surface area contributed by atoms with Gasteiger partial charge >= 0.3 is 0 Å². The highest BCUT2D eigenvalue weighted by Crippen LogP contribution is 2.28. The fourth-order valence-corrected chi connectivity index (χ4v) is 2.56. The second-order valence-corrected chi connectivity index (χ2v) is 4.40. The van der Waals surface area contributed by atoms with Gasteiger partial charge in [-0.25, -0.2) is 0 Å². The molecule has 2 rings (SSSR count). The number of benzene rings is 1. The Morgan fingerprint density at radius 3 is 3.07 bits per heavy atom. The van der Waals surface area contributed by atoms with Crippen LogP contribution in [0.5, 0.6) is 0 Å². The molecule has 1 aliphatic carbocycles. The molecule has 2 N–H and O–H groups in total. The topological polar surface area (TPSA) is 26.0 Å². The van der Waals surface area contributed by atoms with Gasteiger partial charge < -0.3 is 5.73 Å². The standard InChI is InChI=1S/C13H19N/c1-10-3-2-4-12-9-11(7-8-14)5-6-13(10)12/h2-4,11H,5-9,14H2,1H3. The summed E-state index contributed by atoms with van der Waals surface area (Å²) in [5, 5.41) is 0. The van der Waals surface area contributed by atoms with Crippen molar-refractivity contribution in [3.63, 3.8) is 0 Å². The summed E-state index contributed by atoms with van der Waals surface area (Å²) in [6, 6.07) is 6.69. The average molecular weight is 189 g/mol. The van der Waals surface area contributed by atoms with E-state index >= 15 is 0 Å². The van der Waals surface area contributed by atoms with E-state index in [1.165, 1.54) is 31.2 Å². The number of fused-ring (bicyclic) bond motifs is 1. The van der Waals surface area contributed by atoms with E-state index in [9.17, 15) is 0 Å². The SMILES string of the molecule is Cc1cccc2c1CCC(CCN)C2. The number of aryl methyl sites for hydroxylation is 1. The predicted molar refractivity (Wildman–Crippen MR) is 60.4 cm³/mol. The van der Waals surface area contributed by atoms with Crippen molar-refractivity contribution >= 4 is 0 Å². The maximum Gasteiger partial charge on any atom is -0.00745 e. The van der Waals surface area contributed by atoms with Gasteiger partial charge in [-0.1, -0.05) is 18.2 Å². The molecule has 0 aliphatic heterocycles. The van der Waals surface area contributed by atoms with Gasteiger partial charge in [0.15, 0.2) is 0 Å². The van der Waals surface area contributed by atoms with Crippen molar-refractivity contribution in [1.82, 2.24) is 0 Å². The van der Waals surface area contributed by atoms with Gasteiger partial charge in [0, 0.05) is 0 Å². The summed E-state index contributed by atoms with van der Waals surface area (Å²) < 4.78 is 0. The van der Waals surface area contributed by atoms with Crippen LogP contribution in [-0.4, -0.2) is 6.54 Å². The molecule has 0 fully saturated rings. The van der Waals surface area contributed by atoms with Crippen molar-refractivity contribution in [3.8, 4) is 0 Å². The van der Waals surface area contributed by atoms with Crippen LogP contribution in [0.1, 0.15) is 29.5 Å². The third-order valence-corrected chi connectivity index (χ3v) is 3.39. The van der Waals surface area contributed by atoms with Crippen LogP contribution in [0.2, 0.25) is 0 Å². The van der Waals surface area contributed by atoms with E-state index in [1.807, 2.05) is 0 Å². The summed E-state index contributed by atoms with van der Waals surface area (Å²) in [5.74, 6) is 0.828. The van der Waals surface area contributed by atoms with E-state index in [0.717, 1.165) is 12.5 Å². The van der Waals surface area contributed by atoms with Gasteiger partial charge in [0.1, 0.15) is 0 Å². The van der Waals surface area contributed by atoms with Gasteiger partial charge in [-0.2, -0.15) is 0 Å². The molecule has 0 bridgehead atoms. The first-order valence-corrected chi connectivity index (χ1v) is 5.58. The number of hydrogen-bond acceptors (Lipinski definition) is 1. The van der Waals surface area contributed by atoms with Gasteiger partial charge in [0.2, 0.25) is 0 Å². The van der Waals surface area contributed by atoms with Crippen LogP contribution in [0.25, 0.3) is 0 Å². The molecular formula is C13H19N. The molecule has 1 aromatic carbocycles. The molecule has 76 valence electrons. The quantitative estimate of drug-likeness (QED) is 0.760. The van der Waals surface area contributed by atoms with E-state index in [2.05, 4.69) is 25.1 Å². The van der Waals surface area contributed by atoms with E-state index in [0.29, 0.717) is 0 Å². The Morgan fingerprint density at radius 1 is 1.43 bits per heavy atom. The zero-order chi connectivity index (χ0) is 9.97. The molecule has 0 amide bonds. The molecule has 0 spiro atoms. The van der Waals surface area contributed by atoms with Crippen molar-refractivity contribution in [2.24, 2.45) is 11.7 Å². The Hall–Kier alpha value is -0.820. The second kappa shape index (κ2) is 4.14. The minimum Gasteiger partial charge on any atom is -0.330 e. The summed E-state index contributed by atoms with van der Waals surface area (Å²) in [4.78, 5) is 0. The van der Waals surface area contributed by atoms with Crippen LogP contribution in [0, 0.1) is 12.8 Å². The van der Waals surface area contributed by atoms with Crippen LogP contribution >= 0.6 is 0 Å². The first-order valence-electron chi connectivity index (χ1n) is 5.58. The normalized spacial score (nSPS) is 20.6. The summed E-state index contributed by atoms with van der Waals surface area (Å²) in [7, 11) is 0. The molecule has 1 unspecified atom stereocenters. The molecule has 0 heterocycles. The third-order valence-electron chi connectivity index (χ3n) is 3.39. The number of hydrogen-bond donors (Lipinski definition) is 1. The molecule has 1 aromatic rings. The summed E-state index contributed by atoms with van der Waals surface area (Å²) >= 11 is 0. The first kappa shape index (κ1) is 9.72. The predicted octanol–water partition coefficient (Wildman–Crippen LogP) is 2.45. The lowest BCUT2D eigenvalue weighted by Crippen LogP contribution is -2.18. The third kappa shape index (κ3) is 1.83. The lowest BCUT2D eigenvalue weighted by atomic mass is 9.81. The van der Waals surface area contributed by atoms with Gasteiger partial charge in [0.25, 0.3) is 0 Å². The first-order chi connectivity index (χ1) is 6.81. The van der Waals surface area contributed by atoms with E-state index < -0.39 is 0 Å². The second-order valence-electron chi connectivity index (χ2n) is 4.40. The Kier molecular flexibility index (Phi) is 2.87. The fourth-order valence-electron chi connectivity index (χ4n) is 2.56. The van der Waals surface area contributed by atoms with Crippen LogP contribution in [-0.2, 0) is 12.8 Å². The molecule has 1 aliphatic rings. The van der Waals surface area contributed by atoms with Crippen molar-refractivity contribution in [3.05, 3.63) is 34.9 Å². The van der Waals surface area contributed by atoms with Crippen molar-refractivity contribution in [2.75, 3.05) is 6.54 Å². The minimum absolute atomic E-state index is 0.828. The van der Waals surface area contributed by atoms with Crippen molar-refractivity contribution in [2.45, 2.75) is 32.6 Å². The van der Waals surface area contributed by atoms with Crippen molar-refractivity contribution in [1.29, 1.82) is 0 Å². The van der Waals surface area contributed by atoms with E-state index in [1.54, 1.807) is 11.1 Å². The van der Waals surface area contributed by atoms with Crippen molar-refractivity contribution < 1.29 is 0 Å². The molecule has 0 saturated carbocycles. The molecule has 1 atom stereocenters. The van der Waals surface area contributed by atoms with E-state index in [-0.39, 0.29) is 0 Å². The fraction of sp³-hybridized carbons (Fsp3) is 0.538. The monoisotopic (exact) mass is 189 g/mol. The lowest BCUT2D eigenvalue weighted by Gasteiger charge is -2.25. The largest absolute Gasteiger partial charge is 0.330 e. The van der Waals surface area contributed by atoms with Gasteiger partial charge in [0.05, 0.1) is 0 Å². The van der Waals surface area contributed by atoms with Gasteiger partial charge in [-0.15, -0.1) is 0 Å². The van der Waals surface area contributed by atoms with Crippen LogP contribution < -0.4 is 5.73 Å². The Labute approximate surface area is 86.3 Å². The summed E-state index contributed by atoms with van der Waals surface area (Å²) in [6.07, 6.45) is 5.02.